The maximum absolute atomic E-state index is 13.0. The van der Waals surface area contributed by atoms with Crippen molar-refractivity contribution in [3.05, 3.63) is 17.3 Å². The summed E-state index contributed by atoms with van der Waals surface area (Å²) in [7, 11) is 1.61. The highest BCUT2D eigenvalue weighted by atomic mass is 35.5. The van der Waals surface area contributed by atoms with Gasteiger partial charge in [-0.1, -0.05) is 0 Å². The van der Waals surface area contributed by atoms with Crippen LogP contribution in [0.25, 0.3) is 0 Å². The zero-order valence-corrected chi connectivity index (χ0v) is 7.79. The highest BCUT2D eigenvalue weighted by Gasteiger charge is 2.09. The minimum absolute atomic E-state index is 0.0128. The van der Waals surface area contributed by atoms with Crippen molar-refractivity contribution < 1.29 is 9.50 Å². The molecule has 0 aliphatic heterocycles. The monoisotopic (exact) mass is 205 g/mol. The first kappa shape index (κ1) is 10.1. The molecule has 4 nitrogen and oxygen atoms in total. The van der Waals surface area contributed by atoms with Crippen LogP contribution in [0.3, 0.4) is 0 Å². The van der Waals surface area contributed by atoms with Gasteiger partial charge < -0.3 is 10.0 Å². The summed E-state index contributed by atoms with van der Waals surface area (Å²) in [5.41, 5.74) is 0. The molecule has 0 fully saturated rings. The van der Waals surface area contributed by atoms with Crippen molar-refractivity contribution in [3.8, 4) is 0 Å². The van der Waals surface area contributed by atoms with Gasteiger partial charge in [0.2, 0.25) is 5.28 Å². The number of hydrogen-bond acceptors (Lipinski definition) is 4. The fraction of sp³-hybridized carbons (Fsp3) is 0.429. The molecule has 0 atom stereocenters. The van der Waals surface area contributed by atoms with Crippen LogP contribution in [0.1, 0.15) is 0 Å². The average Bonchev–Trinajstić information content (AvgIpc) is 2.09. The Hall–Kier alpha value is -0.940. The molecule has 1 heterocycles. The summed E-state index contributed by atoms with van der Waals surface area (Å²) < 4.78 is 13.0. The molecule has 0 amide bonds. The number of aliphatic hydroxyl groups is 1. The summed E-state index contributed by atoms with van der Waals surface area (Å²) >= 11 is 5.48. The van der Waals surface area contributed by atoms with E-state index in [0.29, 0.717) is 6.54 Å². The lowest BCUT2D eigenvalue weighted by Gasteiger charge is -2.16. The van der Waals surface area contributed by atoms with Gasteiger partial charge in [-0.25, -0.2) is 9.37 Å². The molecule has 13 heavy (non-hydrogen) atoms. The molecule has 72 valence electrons. The van der Waals surface area contributed by atoms with Crippen LogP contribution in [0, 0.1) is 5.82 Å². The summed E-state index contributed by atoms with van der Waals surface area (Å²) in [5, 5.41) is 8.60. The third-order valence-corrected chi connectivity index (χ3v) is 1.68. The van der Waals surface area contributed by atoms with Crippen LogP contribution in [0.2, 0.25) is 5.28 Å². The Morgan fingerprint density at radius 1 is 1.69 bits per heavy atom. The van der Waals surface area contributed by atoms with Crippen LogP contribution in [-0.2, 0) is 0 Å². The molecule has 6 heteroatoms. The van der Waals surface area contributed by atoms with Crippen LogP contribution in [0.4, 0.5) is 10.2 Å². The number of likely N-dealkylation sites (N-methyl/N-ethyl adjacent to an activating group) is 1. The van der Waals surface area contributed by atoms with Gasteiger partial charge in [0, 0.05) is 13.6 Å². The molecule has 0 saturated heterocycles. The summed E-state index contributed by atoms with van der Waals surface area (Å²) in [4.78, 5) is 8.62. The highest BCUT2D eigenvalue weighted by molar-refractivity contribution is 6.28. The first-order valence-corrected chi connectivity index (χ1v) is 4.03. The van der Waals surface area contributed by atoms with E-state index in [4.69, 9.17) is 16.7 Å². The van der Waals surface area contributed by atoms with Crippen LogP contribution >= 0.6 is 11.6 Å². The van der Waals surface area contributed by atoms with Crippen molar-refractivity contribution >= 4 is 17.4 Å². The zero-order valence-electron chi connectivity index (χ0n) is 7.04. The van der Waals surface area contributed by atoms with Gasteiger partial charge in [-0.3, -0.25) is 0 Å². The molecule has 1 aromatic heterocycles. The third-order valence-electron chi connectivity index (χ3n) is 1.49. The molecule has 0 aliphatic rings. The lowest BCUT2D eigenvalue weighted by atomic mass is 10.5. The van der Waals surface area contributed by atoms with Gasteiger partial charge in [-0.05, 0) is 11.6 Å². The van der Waals surface area contributed by atoms with Crippen LogP contribution < -0.4 is 4.90 Å². The Kier molecular flexibility index (Phi) is 3.39. The number of nitrogens with zero attached hydrogens (tertiary/aromatic N) is 3. The van der Waals surface area contributed by atoms with E-state index in [-0.39, 0.29) is 17.7 Å². The molecule has 1 rings (SSSR count). The summed E-state index contributed by atoms with van der Waals surface area (Å²) in [6.07, 6.45) is 0.999. The molecule has 1 aromatic rings. The molecule has 0 unspecified atom stereocenters. The minimum Gasteiger partial charge on any atom is -0.395 e. The lowest BCUT2D eigenvalue weighted by molar-refractivity contribution is 0.303. The average molecular weight is 206 g/mol. The van der Waals surface area contributed by atoms with Crippen molar-refractivity contribution in [2.24, 2.45) is 0 Å². The Morgan fingerprint density at radius 3 is 3.00 bits per heavy atom. The zero-order chi connectivity index (χ0) is 9.84. The first-order valence-electron chi connectivity index (χ1n) is 3.65. The van der Waals surface area contributed by atoms with Gasteiger partial charge >= 0.3 is 0 Å². The van der Waals surface area contributed by atoms with E-state index in [9.17, 15) is 4.39 Å². The van der Waals surface area contributed by atoms with E-state index in [2.05, 4.69) is 9.97 Å². The van der Waals surface area contributed by atoms with E-state index in [1.54, 1.807) is 7.05 Å². The van der Waals surface area contributed by atoms with E-state index in [1.165, 1.54) is 4.90 Å². The predicted octanol–water partition coefficient (Wildman–Crippen LogP) is 0.698. The second kappa shape index (κ2) is 4.34. The van der Waals surface area contributed by atoms with Crippen molar-refractivity contribution in [2.45, 2.75) is 0 Å². The molecule has 0 radical (unpaired) electrons. The lowest BCUT2D eigenvalue weighted by Crippen LogP contribution is -2.23. The first-order chi connectivity index (χ1) is 6.15. The van der Waals surface area contributed by atoms with Gasteiger partial charge in [-0.2, -0.15) is 4.98 Å². The topological polar surface area (TPSA) is 49.2 Å². The highest BCUT2D eigenvalue weighted by Crippen LogP contribution is 2.15. The number of aliphatic hydroxyl groups excluding tert-OH is 1. The Morgan fingerprint density at radius 2 is 2.38 bits per heavy atom. The van der Waals surface area contributed by atoms with Gasteiger partial charge in [-0.15, -0.1) is 0 Å². The fourth-order valence-electron chi connectivity index (χ4n) is 0.861. The van der Waals surface area contributed by atoms with E-state index in [0.717, 1.165) is 6.20 Å². The standard InChI is InChI=1S/C7H9ClFN3O/c1-12(2-3-13)6-5(9)4-10-7(8)11-6/h4,13H,2-3H2,1H3. The normalized spacial score (nSPS) is 10.2. The molecular weight excluding hydrogens is 197 g/mol. The Bertz CT molecular complexity index is 297. The number of hydrogen-bond donors (Lipinski definition) is 1. The van der Waals surface area contributed by atoms with E-state index < -0.39 is 5.82 Å². The maximum Gasteiger partial charge on any atom is 0.224 e. The fourth-order valence-corrected chi connectivity index (χ4v) is 0.990. The van der Waals surface area contributed by atoms with Crippen molar-refractivity contribution in [1.29, 1.82) is 0 Å². The summed E-state index contributed by atoms with van der Waals surface area (Å²) in [6.45, 7) is 0.224. The van der Waals surface area contributed by atoms with Crippen molar-refractivity contribution in [2.75, 3.05) is 25.1 Å². The van der Waals surface area contributed by atoms with Crippen molar-refractivity contribution in [3.63, 3.8) is 0 Å². The van der Waals surface area contributed by atoms with Crippen LogP contribution in [0.5, 0.6) is 0 Å². The number of anilines is 1. The summed E-state index contributed by atoms with van der Waals surface area (Å²) in [5.74, 6) is -0.464. The molecule has 0 spiro atoms. The van der Waals surface area contributed by atoms with Gasteiger partial charge in [0.25, 0.3) is 0 Å². The number of aromatic nitrogens is 2. The van der Waals surface area contributed by atoms with E-state index >= 15 is 0 Å². The molecule has 0 bridgehead atoms. The minimum atomic E-state index is -0.555. The summed E-state index contributed by atoms with van der Waals surface area (Å²) in [6, 6.07) is 0. The van der Waals surface area contributed by atoms with Gasteiger partial charge in [0.15, 0.2) is 11.6 Å². The second-order valence-electron chi connectivity index (χ2n) is 2.46. The molecule has 0 aromatic carbocycles. The molecule has 1 N–H and O–H groups in total. The van der Waals surface area contributed by atoms with Gasteiger partial charge in [0.05, 0.1) is 12.8 Å². The van der Waals surface area contributed by atoms with E-state index in [1.807, 2.05) is 0 Å². The number of halogens is 2. The van der Waals surface area contributed by atoms with Crippen molar-refractivity contribution in [1.82, 2.24) is 9.97 Å². The predicted molar refractivity (Wildman–Crippen MR) is 47.4 cm³/mol. The largest absolute Gasteiger partial charge is 0.395 e. The Balaban J connectivity index is 2.91. The Labute approximate surface area is 80.0 Å². The maximum atomic E-state index is 13.0. The SMILES string of the molecule is CN(CCO)c1nc(Cl)ncc1F. The molecular formula is C7H9ClFN3O. The molecule has 0 saturated carbocycles. The second-order valence-corrected chi connectivity index (χ2v) is 2.79. The molecule has 0 aliphatic carbocycles. The number of rotatable bonds is 3. The third kappa shape index (κ3) is 2.50. The van der Waals surface area contributed by atoms with Crippen LogP contribution in [-0.4, -0.2) is 35.3 Å². The smallest absolute Gasteiger partial charge is 0.224 e. The van der Waals surface area contributed by atoms with Crippen LogP contribution in [0.15, 0.2) is 6.20 Å². The van der Waals surface area contributed by atoms with Gasteiger partial charge in [0.1, 0.15) is 0 Å². The quantitative estimate of drug-likeness (QED) is 0.738.